The lowest BCUT2D eigenvalue weighted by Gasteiger charge is -2.29. The molecule has 0 radical (unpaired) electrons. The summed E-state index contributed by atoms with van der Waals surface area (Å²) in [6.07, 6.45) is -0.525. The van der Waals surface area contributed by atoms with E-state index in [4.69, 9.17) is 9.47 Å². The molecule has 1 aliphatic heterocycles. The highest BCUT2D eigenvalue weighted by atomic mass is 16.5. The van der Waals surface area contributed by atoms with Crippen LogP contribution in [0.5, 0.6) is 0 Å². The molecule has 3 aromatic rings. The number of esters is 1. The van der Waals surface area contributed by atoms with Crippen LogP contribution in [0.25, 0.3) is 11.1 Å². The van der Waals surface area contributed by atoms with E-state index in [1.165, 1.54) is 4.90 Å². The summed E-state index contributed by atoms with van der Waals surface area (Å²) in [5.74, 6) is -3.05. The van der Waals surface area contributed by atoms with Gasteiger partial charge in [-0.15, -0.1) is 0 Å². The van der Waals surface area contributed by atoms with Crippen molar-refractivity contribution in [2.24, 2.45) is 5.92 Å². The highest BCUT2D eigenvalue weighted by Gasteiger charge is 2.43. The lowest BCUT2D eigenvalue weighted by atomic mass is 9.98. The molecule has 2 N–H and O–H groups in total. The molecule has 1 aliphatic carbocycles. The van der Waals surface area contributed by atoms with Gasteiger partial charge in [0, 0.05) is 18.5 Å². The van der Waals surface area contributed by atoms with Crippen LogP contribution in [0.1, 0.15) is 48.8 Å². The van der Waals surface area contributed by atoms with Gasteiger partial charge in [0.15, 0.2) is 0 Å². The number of carbonyl (C=O) groups excluding carboxylic acids is 3. The van der Waals surface area contributed by atoms with Gasteiger partial charge < -0.3 is 24.8 Å². The van der Waals surface area contributed by atoms with Crippen LogP contribution in [0.4, 0.5) is 4.79 Å². The molecule has 3 aromatic carbocycles. The number of fused-ring (bicyclic) bond motifs is 3. The summed E-state index contributed by atoms with van der Waals surface area (Å²) in [6.45, 7) is 2.10. The molecule has 0 saturated carbocycles. The first-order valence-electron chi connectivity index (χ1n) is 14.2. The molecule has 42 heavy (non-hydrogen) atoms. The maximum atomic E-state index is 13.7. The average molecular weight is 571 g/mol. The molecule has 3 atom stereocenters. The number of aliphatic carboxylic acids is 1. The standard InChI is InChI=1S/C33H34N2O7/c1-2-29-26(32(38)39)16-17-35(29)31(37)28(18-30(36)41-19-21-10-4-3-5-11-21)34-33(40)42-20-27-24-14-8-6-12-22(24)23-13-7-9-15-25(23)27/h3-15,26-29H,2,16-20H2,1H3,(H,34,40)(H,38,39)/t26?,28-,29?/m0/s1. The van der Waals surface area contributed by atoms with Crippen molar-refractivity contribution in [1.82, 2.24) is 10.2 Å². The van der Waals surface area contributed by atoms with Crippen molar-refractivity contribution in [3.63, 3.8) is 0 Å². The third-order valence-electron chi connectivity index (χ3n) is 8.11. The van der Waals surface area contributed by atoms with Crippen molar-refractivity contribution < 1.29 is 33.8 Å². The Hall–Kier alpha value is -4.66. The van der Waals surface area contributed by atoms with Gasteiger partial charge in [0.2, 0.25) is 5.91 Å². The molecule has 0 aromatic heterocycles. The maximum Gasteiger partial charge on any atom is 0.407 e. The molecule has 0 bridgehead atoms. The SMILES string of the molecule is CCC1C(C(=O)O)CCN1C(=O)[C@H](CC(=O)OCc1ccccc1)NC(=O)OCC1c2ccccc2-c2ccccc21. The van der Waals surface area contributed by atoms with Crippen LogP contribution in [-0.2, 0) is 30.5 Å². The molecule has 2 amide bonds. The summed E-state index contributed by atoms with van der Waals surface area (Å²) in [5, 5.41) is 12.2. The fourth-order valence-corrected chi connectivity index (χ4v) is 6.07. The van der Waals surface area contributed by atoms with E-state index in [1.807, 2.05) is 85.8 Å². The summed E-state index contributed by atoms with van der Waals surface area (Å²) < 4.78 is 11.0. The highest BCUT2D eigenvalue weighted by Crippen LogP contribution is 2.44. The van der Waals surface area contributed by atoms with Gasteiger partial charge in [0.25, 0.3) is 0 Å². The Kier molecular flexibility index (Phi) is 8.85. The van der Waals surface area contributed by atoms with E-state index in [9.17, 15) is 24.3 Å². The van der Waals surface area contributed by atoms with Gasteiger partial charge >= 0.3 is 18.0 Å². The van der Waals surface area contributed by atoms with Gasteiger partial charge in [-0.05, 0) is 40.7 Å². The Morgan fingerprint density at radius 3 is 2.14 bits per heavy atom. The summed E-state index contributed by atoms with van der Waals surface area (Å²) in [4.78, 5) is 52.8. The van der Waals surface area contributed by atoms with Crippen LogP contribution < -0.4 is 5.32 Å². The molecule has 218 valence electrons. The number of rotatable bonds is 10. The van der Waals surface area contributed by atoms with E-state index in [2.05, 4.69) is 5.32 Å². The minimum Gasteiger partial charge on any atom is -0.481 e. The fourth-order valence-electron chi connectivity index (χ4n) is 6.07. The number of alkyl carbamates (subject to hydrolysis) is 1. The van der Waals surface area contributed by atoms with E-state index in [0.29, 0.717) is 12.8 Å². The highest BCUT2D eigenvalue weighted by molar-refractivity contribution is 5.90. The van der Waals surface area contributed by atoms with E-state index >= 15 is 0 Å². The summed E-state index contributed by atoms with van der Waals surface area (Å²) in [6, 6.07) is 23.2. The molecular formula is C33H34N2O7. The lowest BCUT2D eigenvalue weighted by Crippen LogP contribution is -2.52. The number of ether oxygens (including phenoxy) is 2. The van der Waals surface area contributed by atoms with Gasteiger partial charge in [-0.2, -0.15) is 0 Å². The minimum atomic E-state index is -1.27. The van der Waals surface area contributed by atoms with Crippen LogP contribution in [0.15, 0.2) is 78.9 Å². The molecule has 2 unspecified atom stereocenters. The molecule has 5 rings (SSSR count). The second-order valence-corrected chi connectivity index (χ2v) is 10.6. The summed E-state index contributed by atoms with van der Waals surface area (Å²) >= 11 is 0. The van der Waals surface area contributed by atoms with E-state index < -0.39 is 48.4 Å². The number of hydrogen-bond donors (Lipinski definition) is 2. The predicted octanol–water partition coefficient (Wildman–Crippen LogP) is 4.74. The summed E-state index contributed by atoms with van der Waals surface area (Å²) in [5.41, 5.74) is 5.05. The molecule has 9 heteroatoms. The van der Waals surface area contributed by atoms with Gasteiger partial charge in [-0.1, -0.05) is 85.8 Å². The number of carboxylic acid groups (broad SMARTS) is 1. The quantitative estimate of drug-likeness (QED) is 0.338. The molecule has 1 heterocycles. The topological polar surface area (TPSA) is 122 Å². The first kappa shape index (κ1) is 28.9. The zero-order chi connectivity index (χ0) is 29.6. The van der Waals surface area contributed by atoms with Gasteiger partial charge in [0.05, 0.1) is 12.3 Å². The Morgan fingerprint density at radius 1 is 0.905 bits per heavy atom. The zero-order valence-corrected chi connectivity index (χ0v) is 23.4. The number of nitrogens with one attached hydrogen (secondary N) is 1. The summed E-state index contributed by atoms with van der Waals surface area (Å²) in [7, 11) is 0. The smallest absolute Gasteiger partial charge is 0.407 e. The van der Waals surface area contributed by atoms with Crippen LogP contribution in [-0.4, -0.2) is 59.2 Å². The van der Waals surface area contributed by atoms with Crippen LogP contribution >= 0.6 is 0 Å². The fraction of sp³-hybridized carbons (Fsp3) is 0.333. The number of hydrogen-bond acceptors (Lipinski definition) is 6. The van der Waals surface area contributed by atoms with E-state index in [-0.39, 0.29) is 25.7 Å². The average Bonchev–Trinajstić information content (AvgIpc) is 3.58. The molecule has 1 fully saturated rings. The second-order valence-electron chi connectivity index (χ2n) is 10.6. The van der Waals surface area contributed by atoms with Crippen molar-refractivity contribution in [1.29, 1.82) is 0 Å². The normalized spacial score (nSPS) is 18.1. The molecular weight excluding hydrogens is 536 g/mol. The third kappa shape index (κ3) is 6.15. The van der Waals surface area contributed by atoms with Crippen molar-refractivity contribution in [2.75, 3.05) is 13.2 Å². The molecule has 9 nitrogen and oxygen atoms in total. The van der Waals surface area contributed by atoms with Crippen molar-refractivity contribution in [3.8, 4) is 11.1 Å². The Labute approximate surface area is 244 Å². The monoisotopic (exact) mass is 570 g/mol. The maximum absolute atomic E-state index is 13.7. The van der Waals surface area contributed by atoms with E-state index in [1.54, 1.807) is 0 Å². The lowest BCUT2D eigenvalue weighted by molar-refractivity contribution is -0.149. The minimum absolute atomic E-state index is 0.0217. The van der Waals surface area contributed by atoms with Crippen LogP contribution in [0.2, 0.25) is 0 Å². The van der Waals surface area contributed by atoms with Crippen LogP contribution in [0.3, 0.4) is 0 Å². The number of carboxylic acids is 1. The van der Waals surface area contributed by atoms with Crippen molar-refractivity contribution >= 4 is 23.9 Å². The van der Waals surface area contributed by atoms with Crippen LogP contribution in [0, 0.1) is 5.92 Å². The molecule has 2 aliphatic rings. The second kappa shape index (κ2) is 12.9. The largest absolute Gasteiger partial charge is 0.481 e. The number of carbonyl (C=O) groups is 4. The van der Waals surface area contributed by atoms with Gasteiger partial charge in [-0.3, -0.25) is 14.4 Å². The van der Waals surface area contributed by atoms with Crippen molar-refractivity contribution in [3.05, 3.63) is 95.6 Å². The van der Waals surface area contributed by atoms with Crippen molar-refractivity contribution in [2.45, 2.75) is 50.8 Å². The Bertz CT molecular complexity index is 1410. The third-order valence-corrected chi connectivity index (χ3v) is 8.11. The number of amides is 2. The predicted molar refractivity (Wildman–Crippen MR) is 154 cm³/mol. The number of nitrogens with zero attached hydrogens (tertiary/aromatic N) is 1. The number of likely N-dealkylation sites (tertiary alicyclic amines) is 1. The van der Waals surface area contributed by atoms with E-state index in [0.717, 1.165) is 27.8 Å². The Morgan fingerprint density at radius 2 is 1.52 bits per heavy atom. The number of benzene rings is 3. The first-order valence-corrected chi connectivity index (χ1v) is 14.2. The first-order chi connectivity index (χ1) is 20.4. The molecule has 1 saturated heterocycles. The molecule has 0 spiro atoms. The zero-order valence-electron chi connectivity index (χ0n) is 23.4. The van der Waals surface area contributed by atoms with Gasteiger partial charge in [0.1, 0.15) is 19.3 Å². The van der Waals surface area contributed by atoms with Gasteiger partial charge in [-0.25, -0.2) is 4.79 Å². The Balaban J connectivity index is 1.28.